The summed E-state index contributed by atoms with van der Waals surface area (Å²) in [5.74, 6) is 0.131. The third-order valence-corrected chi connectivity index (χ3v) is 3.98. The summed E-state index contributed by atoms with van der Waals surface area (Å²) in [6.07, 6.45) is -0.750. The lowest BCUT2D eigenvalue weighted by atomic mass is 10.1. The predicted molar refractivity (Wildman–Crippen MR) is 93.7 cm³/mol. The van der Waals surface area contributed by atoms with Crippen LogP contribution in [0.1, 0.15) is 13.8 Å². The molecule has 3 rings (SSSR count). The number of rotatable bonds is 4. The second-order valence-corrected chi connectivity index (χ2v) is 5.90. The lowest BCUT2D eigenvalue weighted by Gasteiger charge is -2.15. The smallest absolute Gasteiger partial charge is 0.235 e. The average Bonchev–Trinajstić information content (AvgIpc) is 2.58. The molecule has 3 aromatic rings. The van der Waals surface area contributed by atoms with Crippen molar-refractivity contribution in [3.63, 3.8) is 0 Å². The molecule has 24 heavy (non-hydrogen) atoms. The highest BCUT2D eigenvalue weighted by Gasteiger charge is 2.21. The van der Waals surface area contributed by atoms with Crippen molar-refractivity contribution in [2.24, 2.45) is 0 Å². The van der Waals surface area contributed by atoms with Gasteiger partial charge in [-0.2, -0.15) is 0 Å². The normalized spacial score (nSPS) is 12.1. The van der Waals surface area contributed by atoms with Gasteiger partial charge in [0.25, 0.3) is 0 Å². The van der Waals surface area contributed by atoms with Crippen molar-refractivity contribution in [3.8, 4) is 17.1 Å². The zero-order valence-corrected chi connectivity index (χ0v) is 14.0. The number of ether oxygens (including phenoxy) is 1. The Morgan fingerprint density at radius 1 is 1.12 bits per heavy atom. The van der Waals surface area contributed by atoms with Gasteiger partial charge in [-0.15, -0.1) is 0 Å². The fourth-order valence-electron chi connectivity index (χ4n) is 2.28. The first-order valence-corrected chi connectivity index (χ1v) is 7.84. The molecule has 5 heteroatoms. The topological polar surface area (TPSA) is 56.5 Å². The van der Waals surface area contributed by atoms with Crippen molar-refractivity contribution in [1.29, 1.82) is 0 Å². The molecule has 2 aromatic carbocycles. The Morgan fingerprint density at radius 3 is 2.46 bits per heavy atom. The Balaban J connectivity index is 2.26. The summed E-state index contributed by atoms with van der Waals surface area (Å²) >= 11 is 5.92. The molecule has 0 aliphatic carbocycles. The number of hydrogen-bond donors (Lipinski definition) is 0. The van der Waals surface area contributed by atoms with Crippen molar-refractivity contribution in [2.45, 2.75) is 20.0 Å². The zero-order valence-electron chi connectivity index (χ0n) is 13.2. The average molecular weight is 343 g/mol. The van der Waals surface area contributed by atoms with E-state index in [1.54, 1.807) is 55.5 Å². The number of halogens is 1. The summed E-state index contributed by atoms with van der Waals surface area (Å²) in [6.45, 7) is 3.01. The van der Waals surface area contributed by atoms with Gasteiger partial charge >= 0.3 is 0 Å². The maximum absolute atomic E-state index is 12.8. The van der Waals surface area contributed by atoms with Crippen LogP contribution < -0.4 is 10.2 Å². The second kappa shape index (κ2) is 6.49. The first kappa shape index (κ1) is 16.3. The highest BCUT2D eigenvalue weighted by atomic mass is 35.5. The molecular formula is C19H15ClO4. The van der Waals surface area contributed by atoms with Gasteiger partial charge in [0.05, 0.1) is 5.39 Å². The van der Waals surface area contributed by atoms with Crippen LogP contribution in [-0.4, -0.2) is 11.9 Å². The number of carbonyl (C=O) groups excluding carboxylic acids is 1. The summed E-state index contributed by atoms with van der Waals surface area (Å²) in [4.78, 5) is 24.4. The Kier molecular flexibility index (Phi) is 4.40. The third kappa shape index (κ3) is 3.05. The molecule has 0 aliphatic rings. The van der Waals surface area contributed by atoms with Crippen LogP contribution in [0.5, 0.6) is 5.75 Å². The van der Waals surface area contributed by atoms with E-state index in [2.05, 4.69) is 0 Å². The minimum absolute atomic E-state index is 0.0266. The summed E-state index contributed by atoms with van der Waals surface area (Å²) in [6, 6.07) is 13.8. The molecular weight excluding hydrogens is 328 g/mol. The highest BCUT2D eigenvalue weighted by molar-refractivity contribution is 6.30. The van der Waals surface area contributed by atoms with E-state index < -0.39 is 6.10 Å². The molecule has 1 atom stereocenters. The number of carbonyl (C=O) groups is 1. The lowest BCUT2D eigenvalue weighted by molar-refractivity contribution is -0.122. The zero-order chi connectivity index (χ0) is 17.3. The highest BCUT2D eigenvalue weighted by Crippen LogP contribution is 2.32. The molecule has 0 radical (unpaired) electrons. The van der Waals surface area contributed by atoms with Gasteiger partial charge in [-0.05, 0) is 50.2 Å². The molecule has 0 saturated heterocycles. The standard InChI is InChI=1S/C19H15ClO4/c1-11(21)12(2)23-19-17(22)15-5-3-4-6-16(15)24-18(19)13-7-9-14(20)10-8-13/h3-10,12H,1-2H3. The largest absolute Gasteiger partial charge is 0.475 e. The summed E-state index contributed by atoms with van der Waals surface area (Å²) < 4.78 is 11.5. The summed E-state index contributed by atoms with van der Waals surface area (Å²) in [5, 5.41) is 0.974. The number of fused-ring (bicyclic) bond motifs is 1. The fraction of sp³-hybridized carbons (Fsp3) is 0.158. The van der Waals surface area contributed by atoms with Crippen LogP contribution in [0.4, 0.5) is 0 Å². The number of ketones is 1. The van der Waals surface area contributed by atoms with Gasteiger partial charge in [-0.25, -0.2) is 0 Å². The Labute approximate surface area is 143 Å². The Hall–Kier alpha value is -2.59. The minimum atomic E-state index is -0.750. The number of Topliss-reactive ketones (excluding diaryl/α,β-unsaturated/α-hetero) is 1. The number of benzene rings is 2. The second-order valence-electron chi connectivity index (χ2n) is 5.46. The molecule has 0 aliphatic heterocycles. The molecule has 0 amide bonds. The molecule has 0 bridgehead atoms. The van der Waals surface area contributed by atoms with Gasteiger partial charge in [-0.3, -0.25) is 9.59 Å². The van der Waals surface area contributed by atoms with E-state index >= 15 is 0 Å². The van der Waals surface area contributed by atoms with E-state index in [4.69, 9.17) is 20.8 Å². The maximum Gasteiger partial charge on any atom is 0.235 e. The van der Waals surface area contributed by atoms with Crippen LogP contribution in [0, 0.1) is 0 Å². The monoisotopic (exact) mass is 342 g/mol. The van der Waals surface area contributed by atoms with Gasteiger partial charge in [0.2, 0.25) is 11.2 Å². The first-order valence-electron chi connectivity index (χ1n) is 7.46. The van der Waals surface area contributed by atoms with E-state index in [0.29, 0.717) is 21.6 Å². The van der Waals surface area contributed by atoms with E-state index in [1.165, 1.54) is 6.92 Å². The van der Waals surface area contributed by atoms with E-state index in [0.717, 1.165) is 0 Å². The molecule has 0 fully saturated rings. The number of para-hydroxylation sites is 1. The van der Waals surface area contributed by atoms with Gasteiger partial charge < -0.3 is 9.15 Å². The van der Waals surface area contributed by atoms with E-state index in [1.807, 2.05) is 0 Å². The third-order valence-electron chi connectivity index (χ3n) is 3.73. The van der Waals surface area contributed by atoms with Crippen molar-refractivity contribution in [3.05, 3.63) is 63.8 Å². The van der Waals surface area contributed by atoms with Crippen molar-refractivity contribution in [2.75, 3.05) is 0 Å². The van der Waals surface area contributed by atoms with E-state index in [-0.39, 0.29) is 22.7 Å². The predicted octanol–water partition coefficient (Wildman–Crippen LogP) is 4.47. The molecule has 0 saturated carbocycles. The van der Waals surface area contributed by atoms with E-state index in [9.17, 15) is 9.59 Å². The van der Waals surface area contributed by atoms with Crippen LogP contribution in [0.15, 0.2) is 57.7 Å². The summed E-state index contributed by atoms with van der Waals surface area (Å²) in [5.41, 5.74) is 0.790. The van der Waals surface area contributed by atoms with Crippen LogP contribution in [0.2, 0.25) is 5.02 Å². The summed E-state index contributed by atoms with van der Waals surface area (Å²) in [7, 11) is 0. The van der Waals surface area contributed by atoms with Gasteiger partial charge in [0, 0.05) is 10.6 Å². The van der Waals surface area contributed by atoms with Crippen molar-refractivity contribution >= 4 is 28.4 Å². The Bertz CT molecular complexity index is 957. The lowest BCUT2D eigenvalue weighted by Crippen LogP contribution is -2.24. The molecule has 4 nitrogen and oxygen atoms in total. The SMILES string of the molecule is CC(=O)C(C)Oc1c(-c2ccc(Cl)cc2)oc2ccccc2c1=O. The molecule has 122 valence electrons. The quantitative estimate of drug-likeness (QED) is 0.702. The van der Waals surface area contributed by atoms with Crippen LogP contribution >= 0.6 is 11.6 Å². The molecule has 1 aromatic heterocycles. The van der Waals surface area contributed by atoms with Gasteiger partial charge in [0.15, 0.2) is 17.6 Å². The molecule has 1 unspecified atom stereocenters. The maximum atomic E-state index is 12.8. The van der Waals surface area contributed by atoms with Gasteiger partial charge in [-0.1, -0.05) is 23.7 Å². The van der Waals surface area contributed by atoms with Crippen LogP contribution in [-0.2, 0) is 4.79 Å². The van der Waals surface area contributed by atoms with Crippen LogP contribution in [0.3, 0.4) is 0 Å². The van der Waals surface area contributed by atoms with Crippen molar-refractivity contribution in [1.82, 2.24) is 0 Å². The van der Waals surface area contributed by atoms with Crippen molar-refractivity contribution < 1.29 is 13.9 Å². The van der Waals surface area contributed by atoms with Gasteiger partial charge in [0.1, 0.15) is 5.58 Å². The molecule has 1 heterocycles. The minimum Gasteiger partial charge on any atom is -0.475 e. The number of hydrogen-bond acceptors (Lipinski definition) is 4. The Morgan fingerprint density at radius 2 is 1.79 bits per heavy atom. The molecule has 0 spiro atoms. The fourth-order valence-corrected chi connectivity index (χ4v) is 2.41. The molecule has 0 N–H and O–H groups in total. The van der Waals surface area contributed by atoms with Crippen LogP contribution in [0.25, 0.3) is 22.3 Å². The first-order chi connectivity index (χ1) is 11.5.